The van der Waals surface area contributed by atoms with E-state index < -0.39 is 0 Å². The van der Waals surface area contributed by atoms with Crippen molar-refractivity contribution in [2.75, 3.05) is 0 Å². The van der Waals surface area contributed by atoms with Gasteiger partial charge in [0.25, 0.3) is 0 Å². The molecular weight excluding hydrogens is 540 g/mol. The third-order valence-corrected chi connectivity index (χ3v) is 8.30. The van der Waals surface area contributed by atoms with E-state index in [0.717, 1.165) is 72.5 Å². The number of benzene rings is 3. The van der Waals surface area contributed by atoms with Crippen molar-refractivity contribution in [3.05, 3.63) is 146 Å². The van der Waals surface area contributed by atoms with Gasteiger partial charge in [0, 0.05) is 46.0 Å². The van der Waals surface area contributed by atoms with Gasteiger partial charge in [0.1, 0.15) is 5.82 Å². The van der Waals surface area contributed by atoms with Gasteiger partial charge in [-0.05, 0) is 66.7 Å². The fourth-order valence-electron chi connectivity index (χ4n) is 6.33. The molecule has 6 aromatic heterocycles. The Kier molecular flexibility index (Phi) is 5.40. The molecule has 0 saturated heterocycles. The molecule has 0 amide bonds. The molecule has 0 spiro atoms. The van der Waals surface area contributed by atoms with Crippen LogP contribution in [0.25, 0.3) is 77.9 Å². The molecule has 0 aliphatic heterocycles. The van der Waals surface area contributed by atoms with E-state index in [1.54, 1.807) is 0 Å². The molecule has 44 heavy (non-hydrogen) atoms. The summed E-state index contributed by atoms with van der Waals surface area (Å²) in [6.45, 7) is 0. The molecule has 0 aliphatic carbocycles. The third kappa shape index (κ3) is 3.75. The molecule has 0 aliphatic rings. The van der Waals surface area contributed by atoms with Gasteiger partial charge in [0.15, 0.2) is 0 Å². The van der Waals surface area contributed by atoms with E-state index in [9.17, 15) is 0 Å². The SMILES string of the molecule is c1cc(-c2ccc(-n3c4ccccc4c4cnccc43)cc2)nc(-c2cccc(-n3c4ccccc4c4ncccc43)n2)c1. The summed E-state index contributed by atoms with van der Waals surface area (Å²) in [5.74, 6) is 0.833. The minimum atomic E-state index is 0.815. The Labute approximate surface area is 252 Å². The Morgan fingerprint density at radius 1 is 0.432 bits per heavy atom. The molecule has 6 heteroatoms. The highest BCUT2D eigenvalue weighted by atomic mass is 15.1. The van der Waals surface area contributed by atoms with Crippen molar-refractivity contribution < 1.29 is 0 Å². The summed E-state index contributed by atoms with van der Waals surface area (Å²) in [6.07, 6.45) is 5.63. The first kappa shape index (κ1) is 24.5. The highest BCUT2D eigenvalue weighted by Crippen LogP contribution is 2.33. The van der Waals surface area contributed by atoms with Crippen LogP contribution in [-0.4, -0.2) is 29.1 Å². The normalized spacial score (nSPS) is 11.6. The van der Waals surface area contributed by atoms with Gasteiger partial charge in [-0.1, -0.05) is 60.7 Å². The summed E-state index contributed by atoms with van der Waals surface area (Å²) in [4.78, 5) is 19.2. The second kappa shape index (κ2) is 9.71. The Morgan fingerprint density at radius 3 is 1.98 bits per heavy atom. The van der Waals surface area contributed by atoms with Crippen LogP contribution >= 0.6 is 0 Å². The molecule has 3 aromatic carbocycles. The first-order chi connectivity index (χ1) is 21.8. The van der Waals surface area contributed by atoms with Gasteiger partial charge in [0.2, 0.25) is 0 Å². The average molecular weight is 565 g/mol. The third-order valence-electron chi connectivity index (χ3n) is 8.30. The molecule has 9 aromatic rings. The van der Waals surface area contributed by atoms with Crippen LogP contribution in [0, 0.1) is 0 Å². The van der Waals surface area contributed by atoms with E-state index in [1.165, 1.54) is 5.39 Å². The molecule has 0 N–H and O–H groups in total. The largest absolute Gasteiger partial charge is 0.309 e. The maximum atomic E-state index is 5.09. The predicted molar refractivity (Wildman–Crippen MR) is 177 cm³/mol. The fourth-order valence-corrected chi connectivity index (χ4v) is 6.33. The van der Waals surface area contributed by atoms with E-state index >= 15 is 0 Å². The summed E-state index contributed by atoms with van der Waals surface area (Å²) in [5, 5.41) is 3.45. The van der Waals surface area contributed by atoms with Crippen molar-refractivity contribution >= 4 is 43.7 Å². The molecule has 0 saturated carbocycles. The number of nitrogens with zero attached hydrogens (tertiary/aromatic N) is 6. The summed E-state index contributed by atoms with van der Waals surface area (Å²) in [5.41, 5.74) is 10.0. The molecule has 0 bridgehead atoms. The lowest BCUT2D eigenvalue weighted by Gasteiger charge is -2.11. The van der Waals surface area contributed by atoms with E-state index in [-0.39, 0.29) is 0 Å². The number of para-hydroxylation sites is 2. The first-order valence-electron chi connectivity index (χ1n) is 14.6. The van der Waals surface area contributed by atoms with Gasteiger partial charge in [-0.25, -0.2) is 9.97 Å². The molecular formula is C38H24N6. The lowest BCUT2D eigenvalue weighted by molar-refractivity contribution is 1.08. The van der Waals surface area contributed by atoms with E-state index in [4.69, 9.17) is 9.97 Å². The van der Waals surface area contributed by atoms with Gasteiger partial charge >= 0.3 is 0 Å². The number of rotatable bonds is 4. The molecule has 6 heterocycles. The Hall–Kier alpha value is -6.14. The molecule has 206 valence electrons. The van der Waals surface area contributed by atoms with Gasteiger partial charge in [-0.3, -0.25) is 14.5 Å². The lowest BCUT2D eigenvalue weighted by Crippen LogP contribution is -1.99. The van der Waals surface area contributed by atoms with Crippen molar-refractivity contribution in [2.24, 2.45) is 0 Å². The minimum Gasteiger partial charge on any atom is -0.309 e. The Bertz CT molecular complexity index is 2400. The van der Waals surface area contributed by atoms with Crippen molar-refractivity contribution in [1.29, 1.82) is 0 Å². The number of pyridine rings is 4. The quantitative estimate of drug-likeness (QED) is 0.214. The van der Waals surface area contributed by atoms with Crippen LogP contribution in [0.4, 0.5) is 0 Å². The van der Waals surface area contributed by atoms with E-state index in [1.807, 2.05) is 67.1 Å². The summed E-state index contributed by atoms with van der Waals surface area (Å²) < 4.78 is 4.47. The molecule has 9 rings (SSSR count). The maximum absolute atomic E-state index is 5.09. The topological polar surface area (TPSA) is 61.4 Å². The summed E-state index contributed by atoms with van der Waals surface area (Å²) >= 11 is 0. The number of hydrogen-bond acceptors (Lipinski definition) is 4. The minimum absolute atomic E-state index is 0.815. The Morgan fingerprint density at radius 2 is 1.11 bits per heavy atom. The van der Waals surface area contributed by atoms with Crippen molar-refractivity contribution in [1.82, 2.24) is 29.1 Å². The first-order valence-corrected chi connectivity index (χ1v) is 14.6. The zero-order valence-electron chi connectivity index (χ0n) is 23.5. The monoisotopic (exact) mass is 564 g/mol. The highest BCUT2D eigenvalue weighted by Gasteiger charge is 2.15. The summed E-state index contributed by atoms with van der Waals surface area (Å²) in [6, 6.07) is 43.7. The van der Waals surface area contributed by atoms with Crippen LogP contribution in [0.1, 0.15) is 0 Å². The second-order valence-electron chi connectivity index (χ2n) is 10.8. The van der Waals surface area contributed by atoms with Gasteiger partial charge in [-0.15, -0.1) is 0 Å². The molecule has 0 radical (unpaired) electrons. The fraction of sp³-hybridized carbons (Fsp3) is 0. The van der Waals surface area contributed by atoms with Crippen LogP contribution in [0.3, 0.4) is 0 Å². The van der Waals surface area contributed by atoms with Crippen LogP contribution in [-0.2, 0) is 0 Å². The van der Waals surface area contributed by atoms with Crippen molar-refractivity contribution in [3.63, 3.8) is 0 Å². The average Bonchev–Trinajstić information content (AvgIpc) is 3.62. The smallest absolute Gasteiger partial charge is 0.138 e. The van der Waals surface area contributed by atoms with Gasteiger partial charge in [0.05, 0.1) is 44.7 Å². The maximum Gasteiger partial charge on any atom is 0.138 e. The summed E-state index contributed by atoms with van der Waals surface area (Å²) in [7, 11) is 0. The van der Waals surface area contributed by atoms with Gasteiger partial charge in [-0.2, -0.15) is 0 Å². The second-order valence-corrected chi connectivity index (χ2v) is 10.8. The molecule has 6 nitrogen and oxygen atoms in total. The zero-order valence-corrected chi connectivity index (χ0v) is 23.5. The lowest BCUT2D eigenvalue weighted by atomic mass is 10.1. The number of aromatic nitrogens is 6. The van der Waals surface area contributed by atoms with Crippen molar-refractivity contribution in [3.8, 4) is 34.2 Å². The van der Waals surface area contributed by atoms with Crippen molar-refractivity contribution in [2.45, 2.75) is 0 Å². The zero-order chi connectivity index (χ0) is 29.0. The molecule has 0 unspecified atom stereocenters. The van der Waals surface area contributed by atoms with Gasteiger partial charge < -0.3 is 4.57 Å². The van der Waals surface area contributed by atoms with Crippen LogP contribution in [0.15, 0.2) is 146 Å². The van der Waals surface area contributed by atoms with Crippen LogP contribution in [0.2, 0.25) is 0 Å². The molecule has 0 atom stereocenters. The standard InChI is InChI=1S/C38H24N6/c1-3-13-33-27(8-1)29-24-39-23-21-35(29)43(33)26-19-17-25(18-20-26)30-10-5-11-31(41-30)32-12-6-16-37(42-32)44-34-14-4-2-9-28(34)38-36(44)15-7-22-40-38/h1-24H. The highest BCUT2D eigenvalue weighted by molar-refractivity contribution is 6.09. The predicted octanol–water partition coefficient (Wildman–Crippen LogP) is 8.79. The number of fused-ring (bicyclic) bond motifs is 6. The van der Waals surface area contributed by atoms with Crippen LogP contribution < -0.4 is 0 Å². The van der Waals surface area contributed by atoms with E-state index in [2.05, 4.69) is 98.0 Å². The Balaban J connectivity index is 1.11. The van der Waals surface area contributed by atoms with Crippen LogP contribution in [0.5, 0.6) is 0 Å². The molecule has 0 fully saturated rings. The number of hydrogen-bond donors (Lipinski definition) is 0. The van der Waals surface area contributed by atoms with E-state index in [0.29, 0.717) is 0 Å².